The first kappa shape index (κ1) is 19.1. The molecule has 3 N–H and O–H groups in total. The molecule has 4 aromatic rings. The highest BCUT2D eigenvalue weighted by molar-refractivity contribution is 5.95. The number of aromatic amines is 1. The largest absolute Gasteiger partial charge is 0.501 e. The molecule has 0 saturated heterocycles. The average Bonchev–Trinajstić information content (AvgIpc) is 2.80. The standard InChI is InChI=1S/C23H18N4O3/c28-20-19(26-21(27-23(20)30)18-11-4-5-12-24-18)22(29)25-14-15-7-6-10-17(13-15)16-8-2-1-3-9-16/h1-13,28H,14H2,(H,25,29)(H,26,27,30). The first-order valence-electron chi connectivity index (χ1n) is 9.29. The summed E-state index contributed by atoms with van der Waals surface area (Å²) >= 11 is 0. The van der Waals surface area contributed by atoms with Crippen LogP contribution < -0.4 is 10.9 Å². The number of aromatic hydroxyl groups is 1. The molecule has 0 radical (unpaired) electrons. The van der Waals surface area contributed by atoms with Gasteiger partial charge in [-0.3, -0.25) is 14.6 Å². The van der Waals surface area contributed by atoms with Gasteiger partial charge in [-0.2, -0.15) is 0 Å². The summed E-state index contributed by atoms with van der Waals surface area (Å²) in [5, 5.41) is 12.7. The molecule has 0 spiro atoms. The third-order valence-electron chi connectivity index (χ3n) is 4.50. The molecule has 7 heteroatoms. The predicted octanol–water partition coefficient (Wildman–Crippen LogP) is 3.13. The Morgan fingerprint density at radius 3 is 2.50 bits per heavy atom. The van der Waals surface area contributed by atoms with E-state index in [1.807, 2.05) is 54.6 Å². The summed E-state index contributed by atoms with van der Waals surface area (Å²) in [5.74, 6) is -1.28. The minimum Gasteiger partial charge on any atom is -0.501 e. The number of nitrogens with one attached hydrogen (secondary N) is 2. The summed E-state index contributed by atoms with van der Waals surface area (Å²) in [4.78, 5) is 35.3. The van der Waals surface area contributed by atoms with Crippen LogP contribution in [0.2, 0.25) is 0 Å². The van der Waals surface area contributed by atoms with Gasteiger partial charge >= 0.3 is 0 Å². The zero-order chi connectivity index (χ0) is 20.9. The molecule has 0 atom stereocenters. The first-order valence-corrected chi connectivity index (χ1v) is 9.29. The van der Waals surface area contributed by atoms with Gasteiger partial charge in [0.25, 0.3) is 11.5 Å². The van der Waals surface area contributed by atoms with Crippen molar-refractivity contribution in [2.24, 2.45) is 0 Å². The Morgan fingerprint density at radius 1 is 0.967 bits per heavy atom. The van der Waals surface area contributed by atoms with Crippen molar-refractivity contribution in [2.75, 3.05) is 0 Å². The lowest BCUT2D eigenvalue weighted by molar-refractivity contribution is 0.0942. The maximum Gasteiger partial charge on any atom is 0.294 e. The normalized spacial score (nSPS) is 10.5. The van der Waals surface area contributed by atoms with Gasteiger partial charge in [-0.25, -0.2) is 4.98 Å². The van der Waals surface area contributed by atoms with E-state index in [-0.39, 0.29) is 18.1 Å². The second-order valence-corrected chi connectivity index (χ2v) is 6.58. The fraction of sp³-hybridized carbons (Fsp3) is 0.0435. The van der Waals surface area contributed by atoms with Crippen LogP contribution in [0.1, 0.15) is 16.1 Å². The number of H-pyrrole nitrogens is 1. The summed E-state index contributed by atoms with van der Waals surface area (Å²) in [5.41, 5.74) is 2.20. The molecule has 0 aliphatic carbocycles. The lowest BCUT2D eigenvalue weighted by atomic mass is 10.0. The molecule has 0 aliphatic heterocycles. The summed E-state index contributed by atoms with van der Waals surface area (Å²) < 4.78 is 0. The Morgan fingerprint density at radius 2 is 1.73 bits per heavy atom. The highest BCUT2D eigenvalue weighted by Crippen LogP contribution is 2.20. The number of rotatable bonds is 5. The van der Waals surface area contributed by atoms with Crippen LogP contribution in [0.3, 0.4) is 0 Å². The number of hydrogen-bond acceptors (Lipinski definition) is 5. The number of amides is 1. The Balaban J connectivity index is 1.55. The Labute approximate surface area is 172 Å². The number of aromatic nitrogens is 3. The first-order chi connectivity index (χ1) is 14.6. The van der Waals surface area contributed by atoms with Crippen LogP contribution in [0.4, 0.5) is 0 Å². The molecule has 7 nitrogen and oxygen atoms in total. The predicted molar refractivity (Wildman–Crippen MR) is 113 cm³/mol. The van der Waals surface area contributed by atoms with Crippen LogP contribution in [0.5, 0.6) is 5.75 Å². The van der Waals surface area contributed by atoms with E-state index in [0.29, 0.717) is 5.69 Å². The smallest absolute Gasteiger partial charge is 0.294 e. The van der Waals surface area contributed by atoms with E-state index in [4.69, 9.17) is 0 Å². The molecule has 148 valence electrons. The van der Waals surface area contributed by atoms with Crippen molar-refractivity contribution >= 4 is 5.91 Å². The Bertz CT molecular complexity index is 1240. The second kappa shape index (κ2) is 8.40. The lowest BCUT2D eigenvalue weighted by Gasteiger charge is -2.09. The topological polar surface area (TPSA) is 108 Å². The fourth-order valence-electron chi connectivity index (χ4n) is 3.01. The molecular formula is C23H18N4O3. The third-order valence-corrected chi connectivity index (χ3v) is 4.50. The van der Waals surface area contributed by atoms with Gasteiger partial charge in [-0.1, -0.05) is 54.6 Å². The fourth-order valence-corrected chi connectivity index (χ4v) is 3.01. The van der Waals surface area contributed by atoms with Crippen molar-refractivity contribution in [3.63, 3.8) is 0 Å². The van der Waals surface area contributed by atoms with Gasteiger partial charge in [-0.15, -0.1) is 0 Å². The molecule has 0 saturated carbocycles. The van der Waals surface area contributed by atoms with Gasteiger partial charge in [0.2, 0.25) is 5.75 Å². The maximum atomic E-state index is 12.6. The maximum absolute atomic E-state index is 12.6. The zero-order valence-electron chi connectivity index (χ0n) is 15.9. The minimum atomic E-state index is -0.804. The summed E-state index contributed by atoms with van der Waals surface area (Å²) in [7, 11) is 0. The molecule has 30 heavy (non-hydrogen) atoms. The van der Waals surface area contributed by atoms with E-state index in [1.165, 1.54) is 0 Å². The van der Waals surface area contributed by atoms with Crippen molar-refractivity contribution in [2.45, 2.75) is 6.54 Å². The summed E-state index contributed by atoms with van der Waals surface area (Å²) in [6, 6.07) is 22.7. The average molecular weight is 398 g/mol. The van der Waals surface area contributed by atoms with Crippen molar-refractivity contribution in [1.82, 2.24) is 20.3 Å². The number of pyridine rings is 1. The summed E-state index contributed by atoms with van der Waals surface area (Å²) in [6.45, 7) is 0.215. The zero-order valence-corrected chi connectivity index (χ0v) is 15.9. The Kier molecular flexibility index (Phi) is 5.34. The second-order valence-electron chi connectivity index (χ2n) is 6.58. The Hall–Kier alpha value is -4.26. The molecule has 0 unspecified atom stereocenters. The van der Waals surface area contributed by atoms with Gasteiger partial charge in [0.1, 0.15) is 5.69 Å². The lowest BCUT2D eigenvalue weighted by Crippen LogP contribution is -2.26. The highest BCUT2D eigenvalue weighted by Gasteiger charge is 2.18. The minimum absolute atomic E-state index is 0.106. The third kappa shape index (κ3) is 4.10. The highest BCUT2D eigenvalue weighted by atomic mass is 16.3. The van der Waals surface area contributed by atoms with E-state index >= 15 is 0 Å². The van der Waals surface area contributed by atoms with Gasteiger partial charge in [0.15, 0.2) is 11.5 Å². The molecule has 2 heterocycles. The van der Waals surface area contributed by atoms with Crippen molar-refractivity contribution < 1.29 is 9.90 Å². The molecule has 0 bridgehead atoms. The van der Waals surface area contributed by atoms with Gasteiger partial charge in [0, 0.05) is 12.7 Å². The molecule has 4 rings (SSSR count). The van der Waals surface area contributed by atoms with Gasteiger partial charge in [-0.05, 0) is 34.9 Å². The van der Waals surface area contributed by atoms with Crippen molar-refractivity contribution in [3.8, 4) is 28.4 Å². The number of benzene rings is 2. The molecule has 2 aromatic carbocycles. The number of hydrogen-bond donors (Lipinski definition) is 3. The van der Waals surface area contributed by atoms with Crippen LogP contribution >= 0.6 is 0 Å². The number of carbonyl (C=O) groups excluding carboxylic acids is 1. The van der Waals surface area contributed by atoms with E-state index in [1.54, 1.807) is 24.4 Å². The molecule has 1 amide bonds. The van der Waals surface area contributed by atoms with Crippen molar-refractivity contribution in [1.29, 1.82) is 0 Å². The van der Waals surface area contributed by atoms with Crippen LogP contribution in [-0.4, -0.2) is 26.0 Å². The van der Waals surface area contributed by atoms with Crippen LogP contribution in [-0.2, 0) is 6.54 Å². The molecular weight excluding hydrogens is 380 g/mol. The van der Waals surface area contributed by atoms with Crippen LogP contribution in [0.15, 0.2) is 83.8 Å². The van der Waals surface area contributed by atoms with E-state index in [2.05, 4.69) is 20.3 Å². The van der Waals surface area contributed by atoms with E-state index in [0.717, 1.165) is 16.7 Å². The SMILES string of the molecule is O=C(NCc1cccc(-c2ccccc2)c1)c1nc(-c2ccccn2)[nH]c(=O)c1O. The molecule has 2 aromatic heterocycles. The summed E-state index contributed by atoms with van der Waals surface area (Å²) in [6.07, 6.45) is 1.54. The van der Waals surface area contributed by atoms with E-state index in [9.17, 15) is 14.7 Å². The molecule has 0 aliphatic rings. The number of nitrogens with zero attached hydrogens (tertiary/aromatic N) is 2. The van der Waals surface area contributed by atoms with E-state index < -0.39 is 17.2 Å². The van der Waals surface area contributed by atoms with Crippen LogP contribution in [0.25, 0.3) is 22.6 Å². The van der Waals surface area contributed by atoms with Crippen molar-refractivity contribution in [3.05, 3.63) is 101 Å². The van der Waals surface area contributed by atoms with Gasteiger partial charge in [0.05, 0.1) is 0 Å². The monoisotopic (exact) mass is 398 g/mol. The number of carbonyl (C=O) groups is 1. The quantitative estimate of drug-likeness (QED) is 0.479. The van der Waals surface area contributed by atoms with Crippen LogP contribution in [0, 0.1) is 0 Å². The molecule has 0 fully saturated rings. The van der Waals surface area contributed by atoms with Gasteiger partial charge < -0.3 is 15.4 Å².